The number of amides is 2. The number of nitrogens with two attached hydrogens (primary N) is 1. The number of guanidine groups is 1. The molecule has 0 aromatic heterocycles. The molecule has 0 bridgehead atoms. The molecule has 180 valence electrons. The van der Waals surface area contributed by atoms with Gasteiger partial charge in [-0.2, -0.15) is 0 Å². The molecule has 10 heteroatoms. The highest BCUT2D eigenvalue weighted by atomic mass is 127. The lowest BCUT2D eigenvalue weighted by Gasteiger charge is -2.36. The molecule has 2 aliphatic heterocycles. The van der Waals surface area contributed by atoms with Crippen LogP contribution in [-0.2, 0) is 0 Å². The number of anilines is 1. The number of para-hydroxylation sites is 1. The minimum atomic E-state index is -0.339. The highest BCUT2D eigenvalue weighted by Gasteiger charge is 2.22. The lowest BCUT2D eigenvalue weighted by molar-refractivity contribution is 0.188. The van der Waals surface area contributed by atoms with Gasteiger partial charge in [-0.25, -0.2) is 9.18 Å². The molecule has 0 aliphatic carbocycles. The Kier molecular flexibility index (Phi) is 11.3. The summed E-state index contributed by atoms with van der Waals surface area (Å²) in [6, 6.07) is 6.97. The Balaban J connectivity index is 0.00000363. The van der Waals surface area contributed by atoms with Crippen LogP contribution in [0.1, 0.15) is 26.2 Å². The van der Waals surface area contributed by atoms with Crippen molar-refractivity contribution >= 4 is 41.7 Å². The molecule has 2 heterocycles. The van der Waals surface area contributed by atoms with Gasteiger partial charge in [-0.15, -0.1) is 24.0 Å². The molecule has 0 radical (unpaired) electrons. The molecule has 32 heavy (non-hydrogen) atoms. The second kappa shape index (κ2) is 13.7. The predicted octanol–water partition coefficient (Wildman–Crippen LogP) is 2.05. The van der Waals surface area contributed by atoms with Gasteiger partial charge in [0.2, 0.25) is 0 Å². The lowest BCUT2D eigenvalue weighted by atomic mass is 10.1. The molecule has 1 aromatic rings. The van der Waals surface area contributed by atoms with Crippen LogP contribution in [0.25, 0.3) is 0 Å². The van der Waals surface area contributed by atoms with Gasteiger partial charge in [-0.3, -0.25) is 9.89 Å². The van der Waals surface area contributed by atoms with Crippen molar-refractivity contribution in [3.05, 3.63) is 30.1 Å². The first kappa shape index (κ1) is 26.4. The van der Waals surface area contributed by atoms with Crippen LogP contribution >= 0.6 is 24.0 Å². The molecule has 1 aromatic carbocycles. The van der Waals surface area contributed by atoms with Crippen molar-refractivity contribution in [3.63, 3.8) is 0 Å². The van der Waals surface area contributed by atoms with Crippen molar-refractivity contribution in [1.82, 2.24) is 20.4 Å². The van der Waals surface area contributed by atoms with Crippen LogP contribution < -0.4 is 21.3 Å². The number of benzene rings is 1. The van der Waals surface area contributed by atoms with E-state index in [-0.39, 0.29) is 35.8 Å². The number of nitrogens with one attached hydrogen (secondary N) is 2. The number of piperazine rings is 1. The van der Waals surface area contributed by atoms with Gasteiger partial charge >= 0.3 is 6.03 Å². The predicted molar refractivity (Wildman–Crippen MR) is 138 cm³/mol. The molecule has 0 unspecified atom stereocenters. The summed E-state index contributed by atoms with van der Waals surface area (Å²) < 4.78 is 14.0. The van der Waals surface area contributed by atoms with Gasteiger partial charge in [0.1, 0.15) is 5.82 Å². The number of aliphatic imine (C=N–C) groups is 1. The van der Waals surface area contributed by atoms with Crippen molar-refractivity contribution in [3.8, 4) is 0 Å². The van der Waals surface area contributed by atoms with Gasteiger partial charge in [0.05, 0.1) is 5.69 Å². The van der Waals surface area contributed by atoms with E-state index in [2.05, 4.69) is 27.4 Å². The van der Waals surface area contributed by atoms with Gasteiger partial charge in [-0.05, 0) is 38.3 Å². The van der Waals surface area contributed by atoms with E-state index in [1.165, 1.54) is 6.07 Å². The molecule has 2 fully saturated rings. The van der Waals surface area contributed by atoms with Crippen molar-refractivity contribution in [2.45, 2.75) is 32.2 Å². The number of urea groups is 1. The minimum absolute atomic E-state index is 0. The number of piperidine rings is 1. The Morgan fingerprint density at radius 1 is 1.16 bits per heavy atom. The van der Waals surface area contributed by atoms with Crippen LogP contribution in [0, 0.1) is 5.82 Å². The Hall–Kier alpha value is -1.82. The zero-order valence-electron chi connectivity index (χ0n) is 18.9. The average molecular weight is 561 g/mol. The summed E-state index contributed by atoms with van der Waals surface area (Å²) in [5.41, 5.74) is 6.06. The van der Waals surface area contributed by atoms with Gasteiger partial charge in [0.15, 0.2) is 5.96 Å². The van der Waals surface area contributed by atoms with Gasteiger partial charge in [0, 0.05) is 64.9 Å². The summed E-state index contributed by atoms with van der Waals surface area (Å²) in [6.45, 7) is 9.55. The zero-order chi connectivity index (χ0) is 22.1. The third kappa shape index (κ3) is 7.95. The quantitative estimate of drug-likeness (QED) is 0.205. The van der Waals surface area contributed by atoms with E-state index in [1.807, 2.05) is 12.1 Å². The molecule has 2 amide bonds. The van der Waals surface area contributed by atoms with E-state index < -0.39 is 0 Å². The van der Waals surface area contributed by atoms with Gasteiger partial charge in [-0.1, -0.05) is 12.1 Å². The number of likely N-dealkylation sites (tertiary alicyclic amines) is 1. The Labute approximate surface area is 207 Å². The maximum absolute atomic E-state index is 14.0. The summed E-state index contributed by atoms with van der Waals surface area (Å²) in [4.78, 5) is 22.2. The topological polar surface area (TPSA) is 89.2 Å². The summed E-state index contributed by atoms with van der Waals surface area (Å²) in [5.74, 6) is 0.693. The van der Waals surface area contributed by atoms with Crippen molar-refractivity contribution in [2.24, 2.45) is 10.7 Å². The van der Waals surface area contributed by atoms with E-state index in [0.29, 0.717) is 24.8 Å². The first-order valence-corrected chi connectivity index (χ1v) is 11.4. The number of hydrogen-bond acceptors (Lipinski definition) is 4. The standard InChI is InChI=1S/C22H36FN7O.HI/c1-2-25-22(27-18-8-12-30(13-9-18)21(24)31)26-10-5-11-28-14-16-29(17-15-28)20-7-4-3-6-19(20)23;/h3-4,6-7,18H,2,5,8-17H2,1H3,(H2,24,31)(H2,25,26,27);1H. The molecule has 3 rings (SSSR count). The molecule has 0 atom stereocenters. The number of halogens is 2. The van der Waals surface area contributed by atoms with E-state index in [4.69, 9.17) is 10.7 Å². The highest BCUT2D eigenvalue weighted by Crippen LogP contribution is 2.20. The third-order valence-corrected chi connectivity index (χ3v) is 5.96. The highest BCUT2D eigenvalue weighted by molar-refractivity contribution is 14.0. The fraction of sp³-hybridized carbons (Fsp3) is 0.636. The number of primary amides is 1. The van der Waals surface area contributed by atoms with Crippen molar-refractivity contribution in [1.29, 1.82) is 0 Å². The third-order valence-electron chi connectivity index (χ3n) is 5.96. The molecular weight excluding hydrogens is 524 g/mol. The number of rotatable bonds is 7. The molecule has 0 saturated carbocycles. The summed E-state index contributed by atoms with van der Waals surface area (Å²) in [6.07, 6.45) is 2.73. The normalized spacial score (nSPS) is 18.2. The van der Waals surface area contributed by atoms with Crippen LogP contribution in [0.5, 0.6) is 0 Å². The first-order chi connectivity index (χ1) is 15.1. The smallest absolute Gasteiger partial charge is 0.314 e. The Morgan fingerprint density at radius 3 is 2.47 bits per heavy atom. The van der Waals surface area contributed by atoms with E-state index >= 15 is 0 Å². The van der Waals surface area contributed by atoms with Crippen LogP contribution in [0.3, 0.4) is 0 Å². The summed E-state index contributed by atoms with van der Waals surface area (Å²) in [5, 5.41) is 6.80. The lowest BCUT2D eigenvalue weighted by Crippen LogP contribution is -2.50. The van der Waals surface area contributed by atoms with Crippen molar-refractivity contribution < 1.29 is 9.18 Å². The fourth-order valence-corrected chi connectivity index (χ4v) is 4.16. The van der Waals surface area contributed by atoms with Crippen LogP contribution in [0.2, 0.25) is 0 Å². The fourth-order valence-electron chi connectivity index (χ4n) is 4.16. The monoisotopic (exact) mass is 561 g/mol. The Bertz CT molecular complexity index is 735. The molecular formula is C22H37FIN7O. The molecule has 4 N–H and O–H groups in total. The van der Waals surface area contributed by atoms with Crippen LogP contribution in [0.4, 0.5) is 14.9 Å². The van der Waals surface area contributed by atoms with Crippen LogP contribution in [-0.4, -0.2) is 86.7 Å². The second-order valence-electron chi connectivity index (χ2n) is 8.14. The molecule has 2 saturated heterocycles. The first-order valence-electron chi connectivity index (χ1n) is 11.4. The maximum atomic E-state index is 14.0. The van der Waals surface area contributed by atoms with Crippen LogP contribution in [0.15, 0.2) is 29.3 Å². The minimum Gasteiger partial charge on any atom is -0.367 e. The molecule has 2 aliphatic rings. The van der Waals surface area contributed by atoms with E-state index in [0.717, 1.165) is 71.0 Å². The van der Waals surface area contributed by atoms with Gasteiger partial charge < -0.3 is 26.2 Å². The number of nitrogens with zero attached hydrogens (tertiary/aromatic N) is 4. The van der Waals surface area contributed by atoms with Crippen molar-refractivity contribution in [2.75, 3.05) is 63.8 Å². The molecule has 0 spiro atoms. The summed E-state index contributed by atoms with van der Waals surface area (Å²) in [7, 11) is 0. The zero-order valence-corrected chi connectivity index (χ0v) is 21.3. The molecule has 8 nitrogen and oxygen atoms in total. The number of carbonyl (C=O) groups is 1. The number of hydrogen-bond donors (Lipinski definition) is 3. The second-order valence-corrected chi connectivity index (χ2v) is 8.14. The number of carbonyl (C=O) groups excluding carboxylic acids is 1. The average Bonchev–Trinajstić information content (AvgIpc) is 2.78. The SMILES string of the molecule is CCNC(=NCCCN1CCN(c2ccccc2F)CC1)NC1CCN(C(N)=O)CC1.I. The summed E-state index contributed by atoms with van der Waals surface area (Å²) >= 11 is 0. The maximum Gasteiger partial charge on any atom is 0.314 e. The van der Waals surface area contributed by atoms with Gasteiger partial charge in [0.25, 0.3) is 0 Å². The Morgan fingerprint density at radius 2 is 1.84 bits per heavy atom. The van der Waals surface area contributed by atoms with E-state index in [1.54, 1.807) is 11.0 Å². The largest absolute Gasteiger partial charge is 0.367 e. The van der Waals surface area contributed by atoms with E-state index in [9.17, 15) is 9.18 Å².